The monoisotopic (exact) mass is 222 g/mol. The van der Waals surface area contributed by atoms with Crippen LogP contribution < -0.4 is 10.6 Å². The van der Waals surface area contributed by atoms with Crippen molar-refractivity contribution >= 4 is 27.7 Å². The summed E-state index contributed by atoms with van der Waals surface area (Å²) in [6.45, 7) is 2.39. The SMILES string of the molecule is CC(=O)NCCNC(=O)CBr. The fraction of sp³-hybridized carbons (Fsp3) is 0.667. The van der Waals surface area contributed by atoms with Crippen molar-refractivity contribution in [2.24, 2.45) is 0 Å². The second-order valence-corrected chi connectivity index (χ2v) is 2.53. The number of alkyl halides is 1. The van der Waals surface area contributed by atoms with Gasteiger partial charge >= 0.3 is 0 Å². The summed E-state index contributed by atoms with van der Waals surface area (Å²) in [5, 5.41) is 5.44. The molecular weight excluding hydrogens is 212 g/mol. The van der Waals surface area contributed by atoms with E-state index in [1.165, 1.54) is 6.92 Å². The number of hydrogen-bond donors (Lipinski definition) is 2. The minimum Gasteiger partial charge on any atom is -0.355 e. The van der Waals surface area contributed by atoms with E-state index in [4.69, 9.17) is 0 Å². The van der Waals surface area contributed by atoms with Gasteiger partial charge in [-0.25, -0.2) is 0 Å². The summed E-state index contributed by atoms with van der Waals surface area (Å²) in [5.41, 5.74) is 0. The van der Waals surface area contributed by atoms with E-state index >= 15 is 0 Å². The Bertz CT molecular complexity index is 150. The maximum atomic E-state index is 10.6. The molecule has 4 nitrogen and oxygen atoms in total. The molecule has 2 amide bonds. The maximum Gasteiger partial charge on any atom is 0.230 e. The Hall–Kier alpha value is -0.580. The highest BCUT2D eigenvalue weighted by Gasteiger charge is 1.95. The van der Waals surface area contributed by atoms with Crippen molar-refractivity contribution in [3.63, 3.8) is 0 Å². The van der Waals surface area contributed by atoms with Gasteiger partial charge in [0.1, 0.15) is 0 Å². The van der Waals surface area contributed by atoms with E-state index in [1.54, 1.807) is 0 Å². The molecule has 0 atom stereocenters. The van der Waals surface area contributed by atoms with Crippen LogP contribution in [0.2, 0.25) is 0 Å². The lowest BCUT2D eigenvalue weighted by molar-refractivity contribution is -0.120. The topological polar surface area (TPSA) is 58.2 Å². The second-order valence-electron chi connectivity index (χ2n) is 1.97. The molecule has 0 rings (SSSR count). The highest BCUT2D eigenvalue weighted by molar-refractivity contribution is 9.09. The van der Waals surface area contributed by atoms with Gasteiger partial charge in [0.05, 0.1) is 5.33 Å². The molecule has 11 heavy (non-hydrogen) atoms. The molecule has 0 aliphatic rings. The normalized spacial score (nSPS) is 8.91. The summed E-state index contributed by atoms with van der Waals surface area (Å²) in [5.74, 6) is -0.159. The lowest BCUT2D eigenvalue weighted by atomic mass is 10.5. The van der Waals surface area contributed by atoms with Crippen LogP contribution in [0, 0.1) is 0 Å². The predicted molar refractivity (Wildman–Crippen MR) is 45.5 cm³/mol. The first-order chi connectivity index (χ1) is 5.16. The van der Waals surface area contributed by atoms with Crippen molar-refractivity contribution in [3.8, 4) is 0 Å². The van der Waals surface area contributed by atoms with Crippen molar-refractivity contribution in [2.75, 3.05) is 18.4 Å². The molecule has 0 aromatic carbocycles. The van der Waals surface area contributed by atoms with Crippen molar-refractivity contribution in [3.05, 3.63) is 0 Å². The standard InChI is InChI=1S/C6H11BrN2O2/c1-5(10)8-2-3-9-6(11)4-7/h2-4H2,1H3,(H,8,10)(H,9,11). The van der Waals surface area contributed by atoms with Crippen LogP contribution in [-0.2, 0) is 9.59 Å². The number of carbonyl (C=O) groups is 2. The van der Waals surface area contributed by atoms with Crippen LogP contribution in [0.5, 0.6) is 0 Å². The number of halogens is 1. The quantitative estimate of drug-likeness (QED) is 0.504. The van der Waals surface area contributed by atoms with E-state index in [1.807, 2.05) is 0 Å². The number of carbonyl (C=O) groups excluding carboxylic acids is 2. The van der Waals surface area contributed by atoms with Gasteiger partial charge in [0.2, 0.25) is 11.8 Å². The van der Waals surface area contributed by atoms with Gasteiger partial charge < -0.3 is 10.6 Å². The van der Waals surface area contributed by atoms with Gasteiger partial charge in [0.25, 0.3) is 0 Å². The average molecular weight is 223 g/mol. The summed E-state index contributed by atoms with van der Waals surface area (Å²) in [6, 6.07) is 0. The van der Waals surface area contributed by atoms with Gasteiger partial charge in [-0.05, 0) is 0 Å². The molecule has 0 aliphatic heterocycles. The minimum absolute atomic E-state index is 0.0737. The zero-order chi connectivity index (χ0) is 8.69. The highest BCUT2D eigenvalue weighted by atomic mass is 79.9. The van der Waals surface area contributed by atoms with Gasteiger partial charge in [-0.2, -0.15) is 0 Å². The summed E-state index contributed by atoms with van der Waals surface area (Å²) >= 11 is 3.00. The van der Waals surface area contributed by atoms with E-state index < -0.39 is 0 Å². The van der Waals surface area contributed by atoms with Gasteiger partial charge in [0.15, 0.2) is 0 Å². The Kier molecular flexibility index (Phi) is 5.83. The third kappa shape index (κ3) is 7.32. The molecule has 0 bridgehead atoms. The third-order valence-electron chi connectivity index (χ3n) is 0.942. The molecule has 0 aromatic rings. The van der Waals surface area contributed by atoms with Gasteiger partial charge in [0, 0.05) is 20.0 Å². The fourth-order valence-corrected chi connectivity index (χ4v) is 0.686. The number of hydrogen-bond acceptors (Lipinski definition) is 2. The first kappa shape index (κ1) is 10.4. The molecule has 0 radical (unpaired) electrons. The molecule has 0 aromatic heterocycles. The second kappa shape index (κ2) is 6.15. The van der Waals surface area contributed by atoms with Gasteiger partial charge in [-0.15, -0.1) is 0 Å². The van der Waals surface area contributed by atoms with E-state index in [0.717, 1.165) is 0 Å². The number of amides is 2. The van der Waals surface area contributed by atoms with Crippen LogP contribution in [0.15, 0.2) is 0 Å². The van der Waals surface area contributed by atoms with Crippen LogP contribution in [0.4, 0.5) is 0 Å². The van der Waals surface area contributed by atoms with Gasteiger partial charge in [-0.3, -0.25) is 9.59 Å². The molecule has 0 saturated heterocycles. The molecule has 0 aliphatic carbocycles. The Morgan fingerprint density at radius 1 is 1.27 bits per heavy atom. The average Bonchev–Trinajstić information content (AvgIpc) is 1.97. The zero-order valence-electron chi connectivity index (χ0n) is 6.32. The molecular formula is C6H11BrN2O2. The molecule has 0 unspecified atom stereocenters. The maximum absolute atomic E-state index is 10.6. The Balaban J connectivity index is 3.14. The highest BCUT2D eigenvalue weighted by Crippen LogP contribution is 1.76. The summed E-state index contributed by atoms with van der Waals surface area (Å²) in [6.07, 6.45) is 0. The minimum atomic E-state index is -0.0851. The van der Waals surface area contributed by atoms with Crippen LogP contribution in [0.3, 0.4) is 0 Å². The van der Waals surface area contributed by atoms with E-state index in [0.29, 0.717) is 18.4 Å². The first-order valence-corrected chi connectivity index (χ1v) is 4.36. The third-order valence-corrected chi connectivity index (χ3v) is 1.45. The molecule has 2 N–H and O–H groups in total. The Morgan fingerprint density at radius 3 is 2.27 bits per heavy atom. The summed E-state index contributed by atoms with van der Waals surface area (Å²) in [4.78, 5) is 20.9. The van der Waals surface area contributed by atoms with E-state index in [-0.39, 0.29) is 11.8 Å². The van der Waals surface area contributed by atoms with Crippen LogP contribution >= 0.6 is 15.9 Å². The molecule has 0 saturated carbocycles. The van der Waals surface area contributed by atoms with Crippen molar-refractivity contribution in [1.29, 1.82) is 0 Å². The Morgan fingerprint density at radius 2 is 1.82 bits per heavy atom. The van der Waals surface area contributed by atoms with E-state index in [9.17, 15) is 9.59 Å². The predicted octanol–water partition coefficient (Wildman–Crippen LogP) is -0.366. The fourth-order valence-electron chi connectivity index (χ4n) is 0.488. The van der Waals surface area contributed by atoms with E-state index in [2.05, 4.69) is 26.6 Å². The lowest BCUT2D eigenvalue weighted by Gasteiger charge is -2.02. The molecule has 5 heteroatoms. The smallest absolute Gasteiger partial charge is 0.230 e. The van der Waals surface area contributed by atoms with Crippen LogP contribution in [-0.4, -0.2) is 30.2 Å². The summed E-state index contributed by atoms with van der Waals surface area (Å²) in [7, 11) is 0. The number of rotatable bonds is 4. The first-order valence-electron chi connectivity index (χ1n) is 3.24. The summed E-state index contributed by atoms with van der Waals surface area (Å²) < 4.78 is 0. The van der Waals surface area contributed by atoms with Gasteiger partial charge in [-0.1, -0.05) is 15.9 Å². The molecule has 0 heterocycles. The van der Waals surface area contributed by atoms with Crippen LogP contribution in [0.1, 0.15) is 6.92 Å². The van der Waals surface area contributed by atoms with Crippen LogP contribution in [0.25, 0.3) is 0 Å². The molecule has 64 valence electrons. The van der Waals surface area contributed by atoms with Crippen molar-refractivity contribution in [2.45, 2.75) is 6.92 Å². The Labute approximate surface area is 73.9 Å². The zero-order valence-corrected chi connectivity index (χ0v) is 7.90. The molecule has 0 fully saturated rings. The number of nitrogens with one attached hydrogen (secondary N) is 2. The van der Waals surface area contributed by atoms with Crippen molar-refractivity contribution in [1.82, 2.24) is 10.6 Å². The van der Waals surface area contributed by atoms with Crippen molar-refractivity contribution < 1.29 is 9.59 Å². The lowest BCUT2D eigenvalue weighted by Crippen LogP contribution is -2.34. The largest absolute Gasteiger partial charge is 0.355 e. The molecule has 0 spiro atoms.